The van der Waals surface area contributed by atoms with Crippen LogP contribution in [0.3, 0.4) is 0 Å². The number of hydrogen-bond acceptors (Lipinski definition) is 6. The van der Waals surface area contributed by atoms with Crippen molar-refractivity contribution in [2.75, 3.05) is 34.9 Å². The Hall–Kier alpha value is -2.78. The molecule has 2 aromatic rings. The molecule has 0 unspecified atom stereocenters. The van der Waals surface area contributed by atoms with Crippen molar-refractivity contribution in [3.63, 3.8) is 0 Å². The predicted molar refractivity (Wildman–Crippen MR) is 118 cm³/mol. The van der Waals surface area contributed by atoms with E-state index in [9.17, 15) is 13.2 Å². The number of methoxy groups -OCH3 is 2. The van der Waals surface area contributed by atoms with E-state index in [1.54, 1.807) is 43.5 Å². The molecule has 1 atom stereocenters. The quantitative estimate of drug-likeness (QED) is 0.565. The molecule has 2 aromatic carbocycles. The molecule has 9 heteroatoms. The van der Waals surface area contributed by atoms with Gasteiger partial charge in [0.05, 0.1) is 25.2 Å². The number of hydrogen-bond donors (Lipinski definition) is 1. The number of carbonyl (C=O) groups excluding carboxylic acids is 1. The summed E-state index contributed by atoms with van der Waals surface area (Å²) in [6, 6.07) is 11.7. The van der Waals surface area contributed by atoms with Gasteiger partial charge >= 0.3 is 0 Å². The molecule has 0 saturated heterocycles. The SMILES string of the molecule is COc1ccc(OC[C@@H](C)NC(=O)CCc2cc(S(=O)(=O)N(C)C)ccc2OC)cc1. The van der Waals surface area contributed by atoms with Gasteiger partial charge in [0.15, 0.2) is 0 Å². The monoisotopic (exact) mass is 450 g/mol. The van der Waals surface area contributed by atoms with Crippen molar-refractivity contribution < 1.29 is 27.4 Å². The Morgan fingerprint density at radius 2 is 1.68 bits per heavy atom. The van der Waals surface area contributed by atoms with E-state index in [0.717, 1.165) is 10.1 Å². The van der Waals surface area contributed by atoms with Crippen LogP contribution in [0, 0.1) is 0 Å². The van der Waals surface area contributed by atoms with Gasteiger partial charge < -0.3 is 19.5 Å². The molecule has 0 aliphatic heterocycles. The summed E-state index contributed by atoms with van der Waals surface area (Å²) >= 11 is 0. The van der Waals surface area contributed by atoms with Crippen LogP contribution in [-0.2, 0) is 21.2 Å². The van der Waals surface area contributed by atoms with Crippen LogP contribution in [0.2, 0.25) is 0 Å². The molecule has 8 nitrogen and oxygen atoms in total. The van der Waals surface area contributed by atoms with Crippen molar-refractivity contribution >= 4 is 15.9 Å². The third-order valence-corrected chi connectivity index (χ3v) is 6.43. The van der Waals surface area contributed by atoms with Gasteiger partial charge in [-0.3, -0.25) is 4.79 Å². The van der Waals surface area contributed by atoms with E-state index in [1.165, 1.54) is 27.3 Å². The Morgan fingerprint density at radius 3 is 2.26 bits per heavy atom. The van der Waals surface area contributed by atoms with Gasteiger partial charge in [0.2, 0.25) is 15.9 Å². The highest BCUT2D eigenvalue weighted by atomic mass is 32.2. The maximum Gasteiger partial charge on any atom is 0.242 e. The molecule has 31 heavy (non-hydrogen) atoms. The van der Waals surface area contributed by atoms with Crippen LogP contribution in [0.4, 0.5) is 0 Å². The van der Waals surface area contributed by atoms with Gasteiger partial charge in [0.25, 0.3) is 0 Å². The number of benzene rings is 2. The van der Waals surface area contributed by atoms with Gasteiger partial charge in [-0.1, -0.05) is 0 Å². The normalized spacial score (nSPS) is 12.3. The minimum Gasteiger partial charge on any atom is -0.497 e. The Labute approximate surface area is 184 Å². The number of sulfonamides is 1. The fraction of sp³-hybridized carbons (Fsp3) is 0.409. The minimum atomic E-state index is -3.57. The first-order chi connectivity index (χ1) is 14.7. The fourth-order valence-electron chi connectivity index (χ4n) is 2.85. The number of amides is 1. The molecule has 170 valence electrons. The second kappa shape index (κ2) is 11.0. The predicted octanol–water partition coefficient (Wildman–Crippen LogP) is 2.47. The van der Waals surface area contributed by atoms with Gasteiger partial charge in [-0.2, -0.15) is 0 Å². The molecule has 0 radical (unpaired) electrons. The van der Waals surface area contributed by atoms with Crippen LogP contribution >= 0.6 is 0 Å². The molecule has 1 amide bonds. The summed E-state index contributed by atoms with van der Waals surface area (Å²) in [6.07, 6.45) is 0.534. The third-order valence-electron chi connectivity index (χ3n) is 4.62. The summed E-state index contributed by atoms with van der Waals surface area (Å²) in [4.78, 5) is 12.5. The Morgan fingerprint density at radius 1 is 1.03 bits per heavy atom. The zero-order valence-corrected chi connectivity index (χ0v) is 19.4. The Kier molecular flexibility index (Phi) is 8.70. The Bertz CT molecular complexity index is 974. The van der Waals surface area contributed by atoms with Crippen LogP contribution in [0.5, 0.6) is 17.2 Å². The van der Waals surface area contributed by atoms with Gasteiger partial charge in [0, 0.05) is 20.5 Å². The van der Waals surface area contributed by atoms with Crippen molar-refractivity contribution in [2.45, 2.75) is 30.7 Å². The van der Waals surface area contributed by atoms with Crippen LogP contribution in [-0.4, -0.2) is 59.6 Å². The zero-order valence-electron chi connectivity index (χ0n) is 18.5. The molecule has 2 rings (SSSR count). The molecule has 0 spiro atoms. The zero-order chi connectivity index (χ0) is 23.0. The molecule has 1 N–H and O–H groups in total. The van der Waals surface area contributed by atoms with Gasteiger partial charge in [0.1, 0.15) is 23.9 Å². The largest absolute Gasteiger partial charge is 0.497 e. The minimum absolute atomic E-state index is 0.159. The smallest absolute Gasteiger partial charge is 0.242 e. The van der Waals surface area contributed by atoms with E-state index in [0.29, 0.717) is 30.1 Å². The van der Waals surface area contributed by atoms with E-state index in [4.69, 9.17) is 14.2 Å². The number of carbonyl (C=O) groups is 1. The average molecular weight is 451 g/mol. The van der Waals surface area contributed by atoms with Gasteiger partial charge in [-0.05, 0) is 61.4 Å². The van der Waals surface area contributed by atoms with Crippen molar-refractivity contribution in [1.82, 2.24) is 9.62 Å². The lowest BCUT2D eigenvalue weighted by Crippen LogP contribution is -2.36. The summed E-state index contributed by atoms with van der Waals surface area (Å²) in [5.74, 6) is 1.81. The lowest BCUT2D eigenvalue weighted by atomic mass is 10.1. The van der Waals surface area contributed by atoms with Gasteiger partial charge in [-0.25, -0.2) is 12.7 Å². The first-order valence-electron chi connectivity index (χ1n) is 9.83. The van der Waals surface area contributed by atoms with Crippen LogP contribution < -0.4 is 19.5 Å². The Balaban J connectivity index is 1.92. The molecule has 0 aliphatic carbocycles. The fourth-order valence-corrected chi connectivity index (χ4v) is 3.80. The van der Waals surface area contributed by atoms with Crippen molar-refractivity contribution in [2.24, 2.45) is 0 Å². The van der Waals surface area contributed by atoms with E-state index in [1.807, 2.05) is 6.92 Å². The second-order valence-electron chi connectivity index (χ2n) is 7.22. The molecular formula is C22H30N2O6S. The lowest BCUT2D eigenvalue weighted by molar-refractivity contribution is -0.121. The molecule has 0 fully saturated rings. The molecule has 0 saturated carbocycles. The van der Waals surface area contributed by atoms with Crippen LogP contribution in [0.15, 0.2) is 47.4 Å². The van der Waals surface area contributed by atoms with E-state index in [-0.39, 0.29) is 23.3 Å². The van der Waals surface area contributed by atoms with E-state index in [2.05, 4.69) is 5.32 Å². The second-order valence-corrected chi connectivity index (χ2v) is 9.37. The number of rotatable bonds is 11. The highest BCUT2D eigenvalue weighted by molar-refractivity contribution is 7.89. The standard InChI is InChI=1S/C22H30N2O6S/c1-16(15-30-19-9-7-18(28-4)8-10-19)23-22(25)13-6-17-14-20(11-12-21(17)29-5)31(26,27)24(2)3/h7-12,14,16H,6,13,15H2,1-5H3,(H,23,25)/t16-/m1/s1. The summed E-state index contributed by atoms with van der Waals surface area (Å²) in [7, 11) is 2.49. The summed E-state index contributed by atoms with van der Waals surface area (Å²) in [5.41, 5.74) is 0.655. The van der Waals surface area contributed by atoms with E-state index >= 15 is 0 Å². The topological polar surface area (TPSA) is 94.2 Å². The van der Waals surface area contributed by atoms with Gasteiger partial charge in [-0.15, -0.1) is 0 Å². The van der Waals surface area contributed by atoms with E-state index < -0.39 is 10.0 Å². The molecule has 0 aliphatic rings. The van der Waals surface area contributed by atoms with Crippen LogP contribution in [0.1, 0.15) is 18.9 Å². The van der Waals surface area contributed by atoms with Crippen molar-refractivity contribution in [3.8, 4) is 17.2 Å². The molecule has 0 heterocycles. The number of nitrogens with zero attached hydrogens (tertiary/aromatic N) is 1. The molecular weight excluding hydrogens is 420 g/mol. The number of aryl methyl sites for hydroxylation is 1. The highest BCUT2D eigenvalue weighted by Crippen LogP contribution is 2.25. The summed E-state index contributed by atoms with van der Waals surface area (Å²) < 4.78 is 42.0. The van der Waals surface area contributed by atoms with Crippen molar-refractivity contribution in [3.05, 3.63) is 48.0 Å². The molecule has 0 bridgehead atoms. The maximum absolute atomic E-state index is 12.4. The first-order valence-corrected chi connectivity index (χ1v) is 11.3. The first kappa shape index (κ1) is 24.5. The summed E-state index contributed by atoms with van der Waals surface area (Å²) in [6.45, 7) is 2.17. The third kappa shape index (κ3) is 6.86. The summed E-state index contributed by atoms with van der Waals surface area (Å²) in [5, 5.41) is 2.89. The lowest BCUT2D eigenvalue weighted by Gasteiger charge is -2.16. The molecule has 0 aromatic heterocycles. The van der Waals surface area contributed by atoms with Crippen molar-refractivity contribution in [1.29, 1.82) is 0 Å². The maximum atomic E-state index is 12.4. The number of nitrogens with one attached hydrogen (secondary N) is 1. The van der Waals surface area contributed by atoms with Crippen LogP contribution in [0.25, 0.3) is 0 Å². The highest BCUT2D eigenvalue weighted by Gasteiger charge is 2.19. The average Bonchev–Trinajstić information content (AvgIpc) is 2.76. The number of ether oxygens (including phenoxy) is 3.